The summed E-state index contributed by atoms with van der Waals surface area (Å²) in [5, 5.41) is 0. The normalized spacial score (nSPS) is 11.6. The van der Waals surface area contributed by atoms with Gasteiger partial charge in [0, 0.05) is 6.42 Å². The zero-order valence-corrected chi connectivity index (χ0v) is 28.2. The molecule has 1 rings (SSSR count). The molecule has 2 nitrogen and oxygen atoms in total. The summed E-state index contributed by atoms with van der Waals surface area (Å²) in [5.41, 5.74) is 0. The van der Waals surface area contributed by atoms with Gasteiger partial charge in [-0.25, -0.2) is 9.13 Å². The highest BCUT2D eigenvalue weighted by Gasteiger charge is 2.16. The van der Waals surface area contributed by atoms with E-state index >= 15 is 0 Å². The van der Waals surface area contributed by atoms with Crippen molar-refractivity contribution in [3.63, 3.8) is 0 Å². The van der Waals surface area contributed by atoms with Crippen LogP contribution < -0.4 is 4.57 Å². The molecular weight excluding hydrogens is 484 g/mol. The van der Waals surface area contributed by atoms with Gasteiger partial charge in [0.15, 0.2) is 0 Å². The minimum absolute atomic E-state index is 1.22. The van der Waals surface area contributed by atoms with Gasteiger partial charge >= 0.3 is 0 Å². The lowest BCUT2D eigenvalue weighted by atomic mass is 10.0. The number of unbranched alkanes of at least 4 members (excludes halogenated alkanes) is 26. The van der Waals surface area contributed by atoms with Crippen molar-refractivity contribution in [3.8, 4) is 0 Å². The number of aryl methyl sites for hydroxylation is 2. The van der Waals surface area contributed by atoms with Crippen LogP contribution in [0.25, 0.3) is 0 Å². The number of hydrogen-bond acceptors (Lipinski definition) is 0. The minimum atomic E-state index is 1.22. The Kier molecular flexibility index (Phi) is 27.6. The van der Waals surface area contributed by atoms with Gasteiger partial charge in [-0.05, 0) is 32.1 Å². The lowest BCUT2D eigenvalue weighted by molar-refractivity contribution is -0.704. The molecule has 0 aliphatic rings. The van der Waals surface area contributed by atoms with Crippen LogP contribution in [-0.4, -0.2) is 4.57 Å². The van der Waals surface area contributed by atoms with Crippen molar-refractivity contribution in [3.05, 3.63) is 18.2 Å². The maximum absolute atomic E-state index is 2.62. The van der Waals surface area contributed by atoms with Gasteiger partial charge in [0.1, 0.15) is 12.4 Å². The second-order valence-electron chi connectivity index (χ2n) is 13.0. The van der Waals surface area contributed by atoms with E-state index < -0.39 is 0 Å². The third-order valence-electron chi connectivity index (χ3n) is 9.10. The van der Waals surface area contributed by atoms with Crippen LogP contribution in [0.15, 0.2) is 12.4 Å². The first-order valence-corrected chi connectivity index (χ1v) is 18.9. The summed E-state index contributed by atoms with van der Waals surface area (Å²) in [6, 6.07) is 0. The molecule has 236 valence electrons. The summed E-state index contributed by atoms with van der Waals surface area (Å²) in [4.78, 5) is 0. The van der Waals surface area contributed by atoms with E-state index in [1.54, 1.807) is 5.82 Å². The predicted molar refractivity (Wildman–Crippen MR) is 179 cm³/mol. The van der Waals surface area contributed by atoms with Crippen LogP contribution >= 0.6 is 0 Å². The Morgan fingerprint density at radius 2 is 0.775 bits per heavy atom. The van der Waals surface area contributed by atoms with Crippen LogP contribution in [0.2, 0.25) is 0 Å². The van der Waals surface area contributed by atoms with Gasteiger partial charge in [0.2, 0.25) is 0 Å². The van der Waals surface area contributed by atoms with Gasteiger partial charge in [-0.15, -0.1) is 0 Å². The second kappa shape index (κ2) is 29.7. The first kappa shape index (κ1) is 37.2. The van der Waals surface area contributed by atoms with Crippen LogP contribution in [0.5, 0.6) is 0 Å². The highest BCUT2D eigenvalue weighted by molar-refractivity contribution is 4.84. The fourth-order valence-electron chi connectivity index (χ4n) is 6.33. The predicted octanol–water partition coefficient (Wildman–Crippen LogP) is 12.7. The summed E-state index contributed by atoms with van der Waals surface area (Å²) >= 11 is 0. The van der Waals surface area contributed by atoms with E-state index in [1.807, 2.05) is 0 Å². The quantitative estimate of drug-likeness (QED) is 0.0613. The molecule has 0 aromatic carbocycles. The Morgan fingerprint density at radius 1 is 0.425 bits per heavy atom. The lowest BCUT2D eigenvalue weighted by Crippen LogP contribution is -2.37. The molecule has 0 saturated heterocycles. The van der Waals surface area contributed by atoms with Crippen molar-refractivity contribution in [2.75, 3.05) is 0 Å². The highest BCUT2D eigenvalue weighted by atomic mass is 15.1. The third kappa shape index (κ3) is 21.9. The van der Waals surface area contributed by atoms with Gasteiger partial charge in [0.05, 0.1) is 13.1 Å². The fourth-order valence-corrected chi connectivity index (χ4v) is 6.33. The molecule has 2 heteroatoms. The Bertz CT molecular complexity index is 619. The monoisotopic (exact) mass is 560 g/mol. The first-order valence-electron chi connectivity index (χ1n) is 18.9. The summed E-state index contributed by atoms with van der Waals surface area (Å²) < 4.78 is 5.22. The van der Waals surface area contributed by atoms with Gasteiger partial charge in [-0.2, -0.15) is 0 Å². The van der Waals surface area contributed by atoms with E-state index in [1.165, 1.54) is 206 Å². The Balaban J connectivity index is 2.17. The molecule has 0 N–H and O–H groups in total. The minimum Gasteiger partial charge on any atom is -0.234 e. The summed E-state index contributed by atoms with van der Waals surface area (Å²) in [6.45, 7) is 9.39. The Morgan fingerprint density at radius 3 is 1.20 bits per heavy atom. The average Bonchev–Trinajstić information content (AvgIpc) is 3.35. The Labute approximate surface area is 253 Å². The molecule has 40 heavy (non-hydrogen) atoms. The van der Waals surface area contributed by atoms with Crippen molar-refractivity contribution in [1.82, 2.24) is 4.57 Å². The molecule has 1 aromatic heterocycles. The first-order chi connectivity index (χ1) is 19.8. The largest absolute Gasteiger partial charge is 0.256 e. The molecule has 0 amide bonds. The van der Waals surface area contributed by atoms with Crippen molar-refractivity contribution < 1.29 is 4.57 Å². The van der Waals surface area contributed by atoms with Crippen LogP contribution in [0.3, 0.4) is 0 Å². The lowest BCUT2D eigenvalue weighted by Gasteiger charge is -2.07. The summed E-state index contributed by atoms with van der Waals surface area (Å²) in [6.07, 6.45) is 47.4. The number of aromatic nitrogens is 2. The molecule has 0 unspecified atom stereocenters. The van der Waals surface area contributed by atoms with Crippen LogP contribution in [-0.2, 0) is 19.5 Å². The molecule has 0 atom stereocenters. The van der Waals surface area contributed by atoms with Gasteiger partial charge in [-0.1, -0.05) is 175 Å². The van der Waals surface area contributed by atoms with Gasteiger partial charge < -0.3 is 0 Å². The number of imidazole rings is 1. The smallest absolute Gasteiger partial charge is 0.234 e. The maximum atomic E-state index is 2.62. The molecule has 0 spiro atoms. The van der Waals surface area contributed by atoms with E-state index in [4.69, 9.17) is 0 Å². The molecule has 0 radical (unpaired) electrons. The van der Waals surface area contributed by atoms with Crippen molar-refractivity contribution in [2.45, 2.75) is 226 Å². The molecule has 1 aromatic rings. The highest BCUT2D eigenvalue weighted by Crippen LogP contribution is 2.15. The third-order valence-corrected chi connectivity index (χ3v) is 9.10. The second-order valence-corrected chi connectivity index (χ2v) is 13.0. The molecular formula is C38H75N2+. The van der Waals surface area contributed by atoms with E-state index in [0.29, 0.717) is 0 Å². The maximum Gasteiger partial charge on any atom is 0.256 e. The number of rotatable bonds is 32. The van der Waals surface area contributed by atoms with Gasteiger partial charge in [-0.3, -0.25) is 0 Å². The average molecular weight is 560 g/mol. The molecule has 0 aliphatic heterocycles. The van der Waals surface area contributed by atoms with Crippen LogP contribution in [0.1, 0.15) is 213 Å². The van der Waals surface area contributed by atoms with E-state index in [9.17, 15) is 0 Å². The standard InChI is InChI=1S/C38H75N2/c1-4-7-10-13-15-17-18-19-20-21-22-23-24-26-28-30-33-38-39(34-31-12-9-6-3)36-37-40(38)35-32-29-27-25-16-14-11-8-5-2/h36-37H,4-35H2,1-3H3/q+1. The zero-order valence-electron chi connectivity index (χ0n) is 28.2. The van der Waals surface area contributed by atoms with Crippen molar-refractivity contribution >= 4 is 0 Å². The van der Waals surface area contributed by atoms with Crippen molar-refractivity contribution in [2.24, 2.45) is 0 Å². The molecule has 0 aliphatic carbocycles. The van der Waals surface area contributed by atoms with Crippen molar-refractivity contribution in [1.29, 1.82) is 0 Å². The topological polar surface area (TPSA) is 8.81 Å². The number of hydrogen-bond donors (Lipinski definition) is 0. The molecule has 0 bridgehead atoms. The van der Waals surface area contributed by atoms with Gasteiger partial charge in [0.25, 0.3) is 5.82 Å². The fraction of sp³-hybridized carbons (Fsp3) is 0.921. The number of nitrogens with zero attached hydrogens (tertiary/aromatic N) is 2. The molecule has 0 fully saturated rings. The van der Waals surface area contributed by atoms with E-state index in [-0.39, 0.29) is 0 Å². The molecule has 0 saturated carbocycles. The Hall–Kier alpha value is -0.790. The van der Waals surface area contributed by atoms with Crippen LogP contribution in [0, 0.1) is 0 Å². The molecule has 1 heterocycles. The summed E-state index contributed by atoms with van der Waals surface area (Å²) in [7, 11) is 0. The summed E-state index contributed by atoms with van der Waals surface area (Å²) in [5.74, 6) is 1.61. The SMILES string of the molecule is CCCCCCCCCCCCCCCCCCc1n(CCCCCC)cc[n+]1CCCCCCCCCCC. The van der Waals surface area contributed by atoms with Crippen LogP contribution in [0.4, 0.5) is 0 Å². The van der Waals surface area contributed by atoms with E-state index in [0.717, 1.165) is 0 Å². The van der Waals surface area contributed by atoms with E-state index in [2.05, 4.69) is 42.3 Å². The zero-order chi connectivity index (χ0) is 28.8.